The maximum absolute atomic E-state index is 13.1. The molecule has 2 aromatic rings. The number of benzene rings is 1. The van der Waals surface area contributed by atoms with E-state index in [1.165, 1.54) is 22.1 Å². The summed E-state index contributed by atoms with van der Waals surface area (Å²) >= 11 is 1.20. The van der Waals surface area contributed by atoms with Crippen LogP contribution in [0.15, 0.2) is 28.3 Å². The first-order valence-corrected chi connectivity index (χ1v) is 11.9. The summed E-state index contributed by atoms with van der Waals surface area (Å²) in [5.74, 6) is 0.801. The molecule has 1 amide bonds. The predicted octanol–water partition coefficient (Wildman–Crippen LogP) is 2.42. The number of anilines is 1. The van der Waals surface area contributed by atoms with Gasteiger partial charge in [0.15, 0.2) is 0 Å². The van der Waals surface area contributed by atoms with Crippen LogP contribution in [0.4, 0.5) is 5.69 Å². The molecular weight excluding hydrogens is 414 g/mol. The van der Waals surface area contributed by atoms with Crippen LogP contribution in [0.2, 0.25) is 0 Å². The predicted molar refractivity (Wildman–Crippen MR) is 111 cm³/mol. The molecule has 0 unspecified atom stereocenters. The maximum Gasteiger partial charge on any atom is 0.246 e. The Kier molecular flexibility index (Phi) is 7.14. The summed E-state index contributed by atoms with van der Waals surface area (Å²) in [6, 6.07) is 4.69. The monoisotopic (exact) mass is 439 g/mol. The normalized spacial score (nSPS) is 15.2. The Labute approximate surface area is 174 Å². The number of hydrogen-bond donors (Lipinski definition) is 2. The highest BCUT2D eigenvalue weighted by Crippen LogP contribution is 2.31. The summed E-state index contributed by atoms with van der Waals surface area (Å²) in [6.45, 7) is 4.92. The molecule has 1 aliphatic heterocycles. The number of ether oxygens (including phenoxy) is 1. The fourth-order valence-corrected chi connectivity index (χ4v) is 5.34. The van der Waals surface area contributed by atoms with E-state index in [-0.39, 0.29) is 16.6 Å². The van der Waals surface area contributed by atoms with E-state index in [0.717, 1.165) is 19.3 Å². The summed E-state index contributed by atoms with van der Waals surface area (Å²) in [5.41, 5.74) is 0.404. The molecule has 1 saturated heterocycles. The van der Waals surface area contributed by atoms with Crippen molar-refractivity contribution in [3.8, 4) is 5.75 Å². The number of rotatable bonds is 8. The van der Waals surface area contributed by atoms with E-state index < -0.39 is 10.0 Å². The molecule has 2 N–H and O–H groups in total. The number of carbonyl (C=O) groups is 1. The molecular formula is C18H25N5O4S2. The van der Waals surface area contributed by atoms with Gasteiger partial charge in [-0.1, -0.05) is 18.2 Å². The summed E-state index contributed by atoms with van der Waals surface area (Å²) in [6.07, 6.45) is 2.72. The van der Waals surface area contributed by atoms with Crippen molar-refractivity contribution in [2.24, 2.45) is 0 Å². The van der Waals surface area contributed by atoms with Crippen molar-refractivity contribution in [3.05, 3.63) is 24.0 Å². The van der Waals surface area contributed by atoms with Gasteiger partial charge in [0.05, 0.1) is 12.4 Å². The highest BCUT2D eigenvalue weighted by Gasteiger charge is 2.29. The first kappa shape index (κ1) is 21.6. The third kappa shape index (κ3) is 5.49. The van der Waals surface area contributed by atoms with Gasteiger partial charge in [-0.3, -0.25) is 9.89 Å². The van der Waals surface area contributed by atoms with E-state index in [1.54, 1.807) is 26.0 Å². The van der Waals surface area contributed by atoms with Gasteiger partial charge in [0, 0.05) is 18.8 Å². The zero-order valence-corrected chi connectivity index (χ0v) is 18.1. The SMILES string of the molecule is CCOc1ccc(NC(=O)CSc2n[nH]c(C)n2)cc1S(=O)(=O)N1CCCCC1. The van der Waals surface area contributed by atoms with Crippen molar-refractivity contribution in [2.45, 2.75) is 43.2 Å². The van der Waals surface area contributed by atoms with Crippen LogP contribution in [0.5, 0.6) is 5.75 Å². The minimum Gasteiger partial charge on any atom is -0.492 e. The zero-order chi connectivity index (χ0) is 20.9. The third-order valence-corrected chi connectivity index (χ3v) is 7.14. The Bertz CT molecular complexity index is 955. The van der Waals surface area contributed by atoms with E-state index in [2.05, 4.69) is 20.5 Å². The molecule has 0 radical (unpaired) electrons. The number of aromatic nitrogens is 3. The Morgan fingerprint density at radius 1 is 1.31 bits per heavy atom. The Balaban J connectivity index is 1.75. The molecule has 0 atom stereocenters. The molecule has 29 heavy (non-hydrogen) atoms. The van der Waals surface area contributed by atoms with Crippen LogP contribution in [0, 0.1) is 6.92 Å². The van der Waals surface area contributed by atoms with Crippen LogP contribution in [-0.4, -0.2) is 59.3 Å². The van der Waals surface area contributed by atoms with Crippen LogP contribution in [-0.2, 0) is 14.8 Å². The molecule has 1 aromatic carbocycles. The molecule has 0 aliphatic carbocycles. The van der Waals surface area contributed by atoms with Crippen molar-refractivity contribution in [1.29, 1.82) is 0 Å². The van der Waals surface area contributed by atoms with Crippen LogP contribution in [0.1, 0.15) is 32.0 Å². The molecule has 0 saturated carbocycles. The molecule has 1 aliphatic rings. The van der Waals surface area contributed by atoms with Gasteiger partial charge in [-0.2, -0.15) is 4.31 Å². The standard InChI is InChI=1S/C18H25N5O4S2/c1-3-27-15-8-7-14(20-17(24)12-28-18-19-13(2)21-22-18)11-16(15)29(25,26)23-9-5-4-6-10-23/h7-8,11H,3-6,9-10,12H2,1-2H3,(H,20,24)(H,19,21,22). The highest BCUT2D eigenvalue weighted by atomic mass is 32.2. The number of hydrogen-bond acceptors (Lipinski definition) is 7. The molecule has 2 heterocycles. The Morgan fingerprint density at radius 2 is 2.07 bits per heavy atom. The molecule has 1 aromatic heterocycles. The number of amides is 1. The molecule has 3 rings (SSSR count). The van der Waals surface area contributed by atoms with Crippen molar-refractivity contribution < 1.29 is 17.9 Å². The largest absolute Gasteiger partial charge is 0.492 e. The van der Waals surface area contributed by atoms with Gasteiger partial charge in [0.1, 0.15) is 16.5 Å². The first-order chi connectivity index (χ1) is 13.9. The second-order valence-corrected chi connectivity index (χ2v) is 9.45. The first-order valence-electron chi connectivity index (χ1n) is 9.49. The molecule has 9 nitrogen and oxygen atoms in total. The lowest BCUT2D eigenvalue weighted by Crippen LogP contribution is -2.35. The highest BCUT2D eigenvalue weighted by molar-refractivity contribution is 7.99. The lowest BCUT2D eigenvalue weighted by Gasteiger charge is -2.27. The average molecular weight is 440 g/mol. The van der Waals surface area contributed by atoms with Crippen molar-refractivity contribution in [3.63, 3.8) is 0 Å². The molecule has 11 heteroatoms. The number of aromatic amines is 1. The van der Waals surface area contributed by atoms with Crippen molar-refractivity contribution in [1.82, 2.24) is 19.5 Å². The van der Waals surface area contributed by atoms with Crippen LogP contribution >= 0.6 is 11.8 Å². The summed E-state index contributed by atoms with van der Waals surface area (Å²) in [4.78, 5) is 16.5. The van der Waals surface area contributed by atoms with Gasteiger partial charge in [-0.25, -0.2) is 13.4 Å². The number of carbonyl (C=O) groups excluding carboxylic acids is 1. The van der Waals surface area contributed by atoms with Crippen LogP contribution < -0.4 is 10.1 Å². The Morgan fingerprint density at radius 3 is 2.72 bits per heavy atom. The molecule has 0 bridgehead atoms. The van der Waals surface area contributed by atoms with Gasteiger partial charge in [-0.15, -0.1) is 5.10 Å². The number of thioether (sulfide) groups is 1. The smallest absolute Gasteiger partial charge is 0.246 e. The van der Waals surface area contributed by atoms with Crippen molar-refractivity contribution in [2.75, 3.05) is 30.8 Å². The minimum atomic E-state index is -3.70. The summed E-state index contributed by atoms with van der Waals surface area (Å²) in [7, 11) is -3.70. The average Bonchev–Trinajstić information content (AvgIpc) is 3.13. The second-order valence-electron chi connectivity index (χ2n) is 6.60. The van der Waals surface area contributed by atoms with E-state index in [4.69, 9.17) is 4.74 Å². The molecule has 1 fully saturated rings. The van der Waals surface area contributed by atoms with Gasteiger partial charge >= 0.3 is 0 Å². The van der Waals surface area contributed by atoms with E-state index in [0.29, 0.717) is 42.1 Å². The van der Waals surface area contributed by atoms with Gasteiger partial charge < -0.3 is 10.1 Å². The zero-order valence-electron chi connectivity index (χ0n) is 16.5. The van der Waals surface area contributed by atoms with Crippen molar-refractivity contribution >= 4 is 33.4 Å². The van der Waals surface area contributed by atoms with Crippen LogP contribution in [0.3, 0.4) is 0 Å². The van der Waals surface area contributed by atoms with Gasteiger partial charge in [0.25, 0.3) is 0 Å². The summed E-state index contributed by atoms with van der Waals surface area (Å²) in [5, 5.41) is 9.91. The van der Waals surface area contributed by atoms with E-state index >= 15 is 0 Å². The van der Waals surface area contributed by atoms with E-state index in [1.807, 2.05) is 0 Å². The number of sulfonamides is 1. The fraction of sp³-hybridized carbons (Fsp3) is 0.500. The van der Waals surface area contributed by atoms with Crippen LogP contribution in [0.25, 0.3) is 0 Å². The minimum absolute atomic E-state index is 0.0799. The number of nitrogens with one attached hydrogen (secondary N) is 2. The van der Waals surface area contributed by atoms with E-state index in [9.17, 15) is 13.2 Å². The lowest BCUT2D eigenvalue weighted by molar-refractivity contribution is -0.113. The molecule has 0 spiro atoms. The second kappa shape index (κ2) is 9.59. The number of aryl methyl sites for hydroxylation is 1. The number of piperidine rings is 1. The summed E-state index contributed by atoms with van der Waals surface area (Å²) < 4.78 is 33.3. The number of nitrogens with zero attached hydrogens (tertiary/aromatic N) is 3. The topological polar surface area (TPSA) is 117 Å². The number of H-pyrrole nitrogens is 1. The van der Waals surface area contributed by atoms with Gasteiger partial charge in [0.2, 0.25) is 21.1 Å². The third-order valence-electron chi connectivity index (χ3n) is 4.37. The van der Waals surface area contributed by atoms with Gasteiger partial charge in [-0.05, 0) is 44.9 Å². The lowest BCUT2D eigenvalue weighted by atomic mass is 10.2. The Hall–Kier alpha value is -2.11. The fourth-order valence-electron chi connectivity index (χ4n) is 3.02. The molecule has 158 valence electrons. The maximum atomic E-state index is 13.1. The quantitative estimate of drug-likeness (QED) is 0.607.